The van der Waals surface area contributed by atoms with Crippen molar-refractivity contribution in [2.45, 2.75) is 25.7 Å². The molecule has 0 spiro atoms. The molecule has 1 N–H and O–H groups in total. The van der Waals surface area contributed by atoms with Gasteiger partial charge in [-0.05, 0) is 43.5 Å². The molecule has 1 heterocycles. The van der Waals surface area contributed by atoms with E-state index in [4.69, 9.17) is 5.11 Å². The summed E-state index contributed by atoms with van der Waals surface area (Å²) in [4.78, 5) is 19.7. The highest BCUT2D eigenvalue weighted by molar-refractivity contribution is 5.89. The van der Waals surface area contributed by atoms with Crippen LogP contribution in [0.1, 0.15) is 40.4 Å². The average Bonchev–Trinajstić information content (AvgIpc) is 3.25. The molecule has 1 saturated carbocycles. The first-order chi connectivity index (χ1) is 9.56. The van der Waals surface area contributed by atoms with Crippen LogP contribution in [0.25, 0.3) is 11.4 Å². The number of halogens is 1. The van der Waals surface area contributed by atoms with E-state index in [0.717, 1.165) is 12.8 Å². The number of benzene rings is 1. The van der Waals surface area contributed by atoms with Crippen molar-refractivity contribution in [3.8, 4) is 11.4 Å². The van der Waals surface area contributed by atoms with E-state index < -0.39 is 5.97 Å². The quantitative estimate of drug-likeness (QED) is 0.932. The molecule has 1 fully saturated rings. The van der Waals surface area contributed by atoms with Crippen molar-refractivity contribution in [1.82, 2.24) is 9.97 Å². The Morgan fingerprint density at radius 1 is 1.40 bits per heavy atom. The smallest absolute Gasteiger partial charge is 0.339 e. The lowest BCUT2D eigenvalue weighted by atomic mass is 10.1. The molecule has 0 amide bonds. The highest BCUT2D eigenvalue weighted by atomic mass is 19.1. The fraction of sp³-hybridized carbons (Fsp3) is 0.267. The predicted octanol–water partition coefficient (Wildman–Crippen LogP) is 3.17. The van der Waals surface area contributed by atoms with Gasteiger partial charge in [0.15, 0.2) is 5.82 Å². The zero-order chi connectivity index (χ0) is 14.3. The van der Waals surface area contributed by atoms with Gasteiger partial charge >= 0.3 is 5.97 Å². The van der Waals surface area contributed by atoms with Gasteiger partial charge < -0.3 is 5.11 Å². The standard InChI is InChI=1S/C15H13FN2O2/c1-8-6-10(4-5-12(8)16)14-17-7-11(15(19)20)13(18-14)9-2-3-9/h4-7,9H,2-3H2,1H3,(H,19,20). The van der Waals surface area contributed by atoms with Crippen molar-refractivity contribution in [3.05, 3.63) is 47.0 Å². The molecule has 4 nitrogen and oxygen atoms in total. The van der Waals surface area contributed by atoms with Gasteiger partial charge in [-0.25, -0.2) is 19.2 Å². The van der Waals surface area contributed by atoms with Crippen LogP contribution in [-0.4, -0.2) is 21.0 Å². The zero-order valence-electron chi connectivity index (χ0n) is 10.9. The number of carboxylic acid groups (broad SMARTS) is 1. The summed E-state index contributed by atoms with van der Waals surface area (Å²) in [7, 11) is 0. The summed E-state index contributed by atoms with van der Waals surface area (Å²) < 4.78 is 13.3. The molecule has 2 aromatic rings. The van der Waals surface area contributed by atoms with Gasteiger partial charge in [0.2, 0.25) is 0 Å². The molecule has 20 heavy (non-hydrogen) atoms. The van der Waals surface area contributed by atoms with Crippen molar-refractivity contribution in [2.75, 3.05) is 0 Å². The molecule has 0 unspecified atom stereocenters. The Morgan fingerprint density at radius 3 is 2.75 bits per heavy atom. The van der Waals surface area contributed by atoms with Crippen LogP contribution >= 0.6 is 0 Å². The number of rotatable bonds is 3. The second-order valence-corrected chi connectivity index (χ2v) is 5.04. The Bertz CT molecular complexity index is 696. The van der Waals surface area contributed by atoms with Gasteiger partial charge in [0.25, 0.3) is 0 Å². The van der Waals surface area contributed by atoms with Crippen LogP contribution in [0.3, 0.4) is 0 Å². The molecular weight excluding hydrogens is 259 g/mol. The van der Waals surface area contributed by atoms with E-state index in [9.17, 15) is 9.18 Å². The predicted molar refractivity (Wildman–Crippen MR) is 71.1 cm³/mol. The molecule has 102 valence electrons. The molecule has 1 aliphatic carbocycles. The second-order valence-electron chi connectivity index (χ2n) is 5.04. The lowest BCUT2D eigenvalue weighted by Gasteiger charge is -2.07. The number of aromatic nitrogens is 2. The van der Waals surface area contributed by atoms with Crippen LogP contribution in [0, 0.1) is 12.7 Å². The topological polar surface area (TPSA) is 63.1 Å². The average molecular weight is 272 g/mol. The first-order valence-electron chi connectivity index (χ1n) is 6.43. The molecule has 1 aliphatic rings. The van der Waals surface area contributed by atoms with Gasteiger partial charge in [-0.1, -0.05) is 0 Å². The Kier molecular flexibility index (Phi) is 2.97. The van der Waals surface area contributed by atoms with Crippen LogP contribution < -0.4 is 0 Å². The summed E-state index contributed by atoms with van der Waals surface area (Å²) in [5, 5.41) is 9.15. The largest absolute Gasteiger partial charge is 0.478 e. The van der Waals surface area contributed by atoms with Gasteiger partial charge in [0.05, 0.1) is 11.3 Å². The highest BCUT2D eigenvalue weighted by Gasteiger charge is 2.30. The first kappa shape index (κ1) is 12.7. The Hall–Kier alpha value is -2.30. The van der Waals surface area contributed by atoms with Crippen molar-refractivity contribution in [2.24, 2.45) is 0 Å². The van der Waals surface area contributed by atoms with Crippen LogP contribution in [0.4, 0.5) is 4.39 Å². The summed E-state index contributed by atoms with van der Waals surface area (Å²) in [5.74, 6) is -0.628. The third-order valence-electron chi connectivity index (χ3n) is 3.43. The maximum Gasteiger partial charge on any atom is 0.339 e. The molecule has 0 saturated heterocycles. The van der Waals surface area contributed by atoms with Gasteiger partial charge in [-0.15, -0.1) is 0 Å². The molecule has 0 aliphatic heterocycles. The summed E-state index contributed by atoms with van der Waals surface area (Å²) >= 11 is 0. The highest BCUT2D eigenvalue weighted by Crippen LogP contribution is 2.41. The molecule has 0 radical (unpaired) electrons. The first-order valence-corrected chi connectivity index (χ1v) is 6.43. The third kappa shape index (κ3) is 2.27. The van der Waals surface area contributed by atoms with Crippen molar-refractivity contribution < 1.29 is 14.3 Å². The summed E-state index contributed by atoms with van der Waals surface area (Å²) in [6, 6.07) is 4.65. The van der Waals surface area contributed by atoms with Crippen molar-refractivity contribution >= 4 is 5.97 Å². The minimum Gasteiger partial charge on any atom is -0.478 e. The number of carbonyl (C=O) groups is 1. The molecular formula is C15H13FN2O2. The number of aryl methyl sites for hydroxylation is 1. The van der Waals surface area contributed by atoms with Gasteiger partial charge in [0.1, 0.15) is 5.82 Å². The van der Waals surface area contributed by atoms with E-state index in [2.05, 4.69) is 9.97 Å². The number of nitrogens with zero attached hydrogens (tertiary/aromatic N) is 2. The minimum atomic E-state index is -1.01. The van der Waals surface area contributed by atoms with E-state index in [-0.39, 0.29) is 17.3 Å². The lowest BCUT2D eigenvalue weighted by molar-refractivity contribution is 0.0694. The summed E-state index contributed by atoms with van der Waals surface area (Å²) in [6.07, 6.45) is 3.26. The number of hydrogen-bond donors (Lipinski definition) is 1. The Labute approximate surface area is 115 Å². The normalized spacial score (nSPS) is 14.3. The zero-order valence-corrected chi connectivity index (χ0v) is 10.9. The molecule has 3 rings (SSSR count). The lowest BCUT2D eigenvalue weighted by Crippen LogP contribution is -2.06. The maximum atomic E-state index is 13.3. The number of aromatic carboxylic acids is 1. The van der Waals surface area contributed by atoms with E-state index in [1.54, 1.807) is 19.1 Å². The van der Waals surface area contributed by atoms with Crippen LogP contribution in [0.15, 0.2) is 24.4 Å². The van der Waals surface area contributed by atoms with Crippen LogP contribution in [0.5, 0.6) is 0 Å². The fourth-order valence-corrected chi connectivity index (χ4v) is 2.15. The Balaban J connectivity index is 2.08. The van der Waals surface area contributed by atoms with Gasteiger partial charge in [-0.3, -0.25) is 0 Å². The molecule has 0 atom stereocenters. The van der Waals surface area contributed by atoms with Gasteiger partial charge in [-0.2, -0.15) is 0 Å². The van der Waals surface area contributed by atoms with Crippen molar-refractivity contribution in [3.63, 3.8) is 0 Å². The van der Waals surface area contributed by atoms with E-state index in [1.165, 1.54) is 12.3 Å². The van der Waals surface area contributed by atoms with E-state index in [1.807, 2.05) is 0 Å². The van der Waals surface area contributed by atoms with E-state index in [0.29, 0.717) is 22.6 Å². The minimum absolute atomic E-state index is 0.162. The maximum absolute atomic E-state index is 13.3. The molecule has 5 heteroatoms. The van der Waals surface area contributed by atoms with E-state index >= 15 is 0 Å². The van der Waals surface area contributed by atoms with Crippen LogP contribution in [0.2, 0.25) is 0 Å². The molecule has 1 aromatic heterocycles. The second kappa shape index (κ2) is 4.67. The molecule has 1 aromatic carbocycles. The third-order valence-corrected chi connectivity index (χ3v) is 3.43. The summed E-state index contributed by atoms with van der Waals surface area (Å²) in [6.45, 7) is 1.67. The SMILES string of the molecule is Cc1cc(-c2ncc(C(=O)O)c(C3CC3)n2)ccc1F. The van der Waals surface area contributed by atoms with Gasteiger partial charge in [0, 0.05) is 17.7 Å². The number of carboxylic acids is 1. The van der Waals surface area contributed by atoms with Crippen molar-refractivity contribution in [1.29, 1.82) is 0 Å². The molecule has 0 bridgehead atoms. The Morgan fingerprint density at radius 2 is 2.15 bits per heavy atom. The van der Waals surface area contributed by atoms with Crippen LogP contribution in [-0.2, 0) is 0 Å². The number of hydrogen-bond acceptors (Lipinski definition) is 3. The fourth-order valence-electron chi connectivity index (χ4n) is 2.15. The monoisotopic (exact) mass is 272 g/mol. The summed E-state index contributed by atoms with van der Waals surface area (Å²) in [5.41, 5.74) is 1.96.